The number of nitrogens with one attached hydrogen (secondary N) is 1. The van der Waals surface area contributed by atoms with Gasteiger partial charge >= 0.3 is 0 Å². The first-order valence-corrected chi connectivity index (χ1v) is 9.03. The van der Waals surface area contributed by atoms with E-state index in [0.29, 0.717) is 18.3 Å². The third-order valence-corrected chi connectivity index (χ3v) is 4.87. The summed E-state index contributed by atoms with van der Waals surface area (Å²) in [5.41, 5.74) is 1.06. The van der Waals surface area contributed by atoms with Crippen LogP contribution in [0.1, 0.15) is 55.5 Å². The van der Waals surface area contributed by atoms with Crippen LogP contribution in [0.2, 0.25) is 0 Å². The molecule has 5 nitrogen and oxygen atoms in total. The summed E-state index contributed by atoms with van der Waals surface area (Å²) in [5.74, 6) is 0.216. The largest absolute Gasteiger partial charge is 0.507 e. The van der Waals surface area contributed by atoms with Gasteiger partial charge in [0.1, 0.15) is 17.1 Å². The number of amides is 1. The summed E-state index contributed by atoms with van der Waals surface area (Å²) in [6, 6.07) is 4.00. The molecule has 0 saturated carbocycles. The summed E-state index contributed by atoms with van der Waals surface area (Å²) in [7, 11) is 1.52. The van der Waals surface area contributed by atoms with Gasteiger partial charge in [0.05, 0.1) is 7.11 Å². The molecule has 1 aromatic rings. The predicted molar refractivity (Wildman–Crippen MR) is 95.9 cm³/mol. The Morgan fingerprint density at radius 2 is 2.21 bits per heavy atom. The molecule has 5 heteroatoms. The van der Waals surface area contributed by atoms with E-state index in [4.69, 9.17) is 4.74 Å². The maximum absolute atomic E-state index is 12.7. The Kier molecular flexibility index (Phi) is 6.91. The molecule has 0 bridgehead atoms. The standard InChI is InChI=1S/C19H30N2O3/c1-4-6-8-14-10-11-16(24-3)17(18(14)22)19(23)20-13-15-9-7-12-21(15)5-2/h10-11,15,22H,4-9,12-13H2,1-3H3,(H,20,23)/t15-/m0/s1. The molecule has 2 rings (SSSR count). The summed E-state index contributed by atoms with van der Waals surface area (Å²) in [6.07, 6.45) is 5.07. The van der Waals surface area contributed by atoms with Crippen molar-refractivity contribution in [3.8, 4) is 11.5 Å². The zero-order valence-corrected chi connectivity index (χ0v) is 15.1. The van der Waals surface area contributed by atoms with Crippen molar-refractivity contribution < 1.29 is 14.6 Å². The van der Waals surface area contributed by atoms with Crippen LogP contribution in [-0.4, -0.2) is 48.7 Å². The highest BCUT2D eigenvalue weighted by Gasteiger charge is 2.25. The van der Waals surface area contributed by atoms with Crippen LogP contribution in [0, 0.1) is 0 Å². The number of methoxy groups -OCH3 is 1. The molecule has 2 N–H and O–H groups in total. The number of hydrogen-bond donors (Lipinski definition) is 2. The van der Waals surface area contributed by atoms with Crippen molar-refractivity contribution in [2.24, 2.45) is 0 Å². The van der Waals surface area contributed by atoms with E-state index in [1.54, 1.807) is 6.07 Å². The number of phenolic OH excluding ortho intramolecular Hbond substituents is 1. The molecule has 0 spiro atoms. The first kappa shape index (κ1) is 18.6. The van der Waals surface area contributed by atoms with Crippen LogP contribution in [0.4, 0.5) is 0 Å². The molecule has 0 aromatic heterocycles. The van der Waals surface area contributed by atoms with Gasteiger partial charge in [0.15, 0.2) is 0 Å². The van der Waals surface area contributed by atoms with Crippen LogP contribution in [0.25, 0.3) is 0 Å². The summed E-state index contributed by atoms with van der Waals surface area (Å²) in [4.78, 5) is 15.0. The Morgan fingerprint density at radius 3 is 2.88 bits per heavy atom. The Bertz CT molecular complexity index is 560. The average Bonchev–Trinajstić information content (AvgIpc) is 3.05. The Labute approximate surface area is 145 Å². The monoisotopic (exact) mass is 334 g/mol. The van der Waals surface area contributed by atoms with Crippen molar-refractivity contribution in [2.75, 3.05) is 26.7 Å². The van der Waals surface area contributed by atoms with E-state index in [0.717, 1.165) is 44.3 Å². The molecule has 0 unspecified atom stereocenters. The number of ether oxygens (including phenoxy) is 1. The third-order valence-electron chi connectivity index (χ3n) is 4.87. The second-order valence-electron chi connectivity index (χ2n) is 6.39. The summed E-state index contributed by atoms with van der Waals surface area (Å²) in [5, 5.41) is 13.5. The minimum atomic E-state index is -0.259. The van der Waals surface area contributed by atoms with Gasteiger partial charge in [-0.3, -0.25) is 9.69 Å². The number of carbonyl (C=O) groups is 1. The number of phenols is 1. The van der Waals surface area contributed by atoms with Crippen LogP contribution in [0.15, 0.2) is 12.1 Å². The number of likely N-dealkylation sites (tertiary alicyclic amines) is 1. The smallest absolute Gasteiger partial charge is 0.258 e. The number of rotatable bonds is 8. The topological polar surface area (TPSA) is 61.8 Å². The number of aryl methyl sites for hydroxylation is 1. The van der Waals surface area contributed by atoms with E-state index >= 15 is 0 Å². The zero-order chi connectivity index (χ0) is 17.5. The maximum atomic E-state index is 12.7. The van der Waals surface area contributed by atoms with E-state index < -0.39 is 0 Å². The maximum Gasteiger partial charge on any atom is 0.258 e. The summed E-state index contributed by atoms with van der Waals surface area (Å²) in [6.45, 7) is 6.95. The third kappa shape index (κ3) is 4.20. The minimum Gasteiger partial charge on any atom is -0.507 e. The number of carbonyl (C=O) groups excluding carboxylic acids is 1. The van der Waals surface area contributed by atoms with Crippen molar-refractivity contribution in [3.05, 3.63) is 23.3 Å². The highest BCUT2D eigenvalue weighted by molar-refractivity contribution is 6.00. The first-order valence-electron chi connectivity index (χ1n) is 9.03. The Balaban J connectivity index is 2.11. The van der Waals surface area contributed by atoms with Gasteiger partial charge in [0, 0.05) is 12.6 Å². The molecule has 24 heavy (non-hydrogen) atoms. The number of hydrogen-bond acceptors (Lipinski definition) is 4. The molecule has 0 aliphatic carbocycles. The molecular weight excluding hydrogens is 304 g/mol. The molecule has 0 radical (unpaired) electrons. The highest BCUT2D eigenvalue weighted by atomic mass is 16.5. The number of unbranched alkanes of at least 4 members (excludes halogenated alkanes) is 1. The second kappa shape index (κ2) is 8.92. The number of likely N-dealkylation sites (N-methyl/N-ethyl adjacent to an activating group) is 1. The minimum absolute atomic E-state index is 0.0547. The van der Waals surface area contributed by atoms with Crippen molar-refractivity contribution in [3.63, 3.8) is 0 Å². The fraction of sp³-hybridized carbons (Fsp3) is 0.632. The summed E-state index contributed by atoms with van der Waals surface area (Å²) < 4.78 is 5.29. The lowest BCUT2D eigenvalue weighted by Crippen LogP contribution is -2.40. The number of aromatic hydroxyl groups is 1. The van der Waals surface area contributed by atoms with Gasteiger partial charge in [0.25, 0.3) is 5.91 Å². The normalized spacial score (nSPS) is 17.9. The van der Waals surface area contributed by atoms with Crippen molar-refractivity contribution in [1.29, 1.82) is 0 Å². The Hall–Kier alpha value is -1.75. The van der Waals surface area contributed by atoms with Crippen LogP contribution >= 0.6 is 0 Å². The quantitative estimate of drug-likeness (QED) is 0.767. The van der Waals surface area contributed by atoms with Gasteiger partial charge in [0.2, 0.25) is 0 Å². The molecule has 1 aliphatic rings. The number of nitrogens with zero attached hydrogens (tertiary/aromatic N) is 1. The average molecular weight is 334 g/mol. The zero-order valence-electron chi connectivity index (χ0n) is 15.1. The second-order valence-corrected chi connectivity index (χ2v) is 6.39. The van der Waals surface area contributed by atoms with E-state index in [9.17, 15) is 9.90 Å². The van der Waals surface area contributed by atoms with Gasteiger partial charge < -0.3 is 15.2 Å². The van der Waals surface area contributed by atoms with E-state index in [2.05, 4.69) is 24.1 Å². The molecule has 1 amide bonds. The Morgan fingerprint density at radius 1 is 1.42 bits per heavy atom. The lowest BCUT2D eigenvalue weighted by Gasteiger charge is -2.23. The number of benzene rings is 1. The predicted octanol–water partition coefficient (Wildman–Crippen LogP) is 2.96. The van der Waals surface area contributed by atoms with Crippen molar-refractivity contribution >= 4 is 5.91 Å². The van der Waals surface area contributed by atoms with Crippen LogP contribution < -0.4 is 10.1 Å². The first-order chi connectivity index (χ1) is 11.6. The fourth-order valence-corrected chi connectivity index (χ4v) is 3.42. The van der Waals surface area contributed by atoms with E-state index in [-0.39, 0.29) is 17.2 Å². The van der Waals surface area contributed by atoms with Gasteiger partial charge in [-0.05, 0) is 50.4 Å². The lowest BCUT2D eigenvalue weighted by molar-refractivity contribution is 0.0935. The van der Waals surface area contributed by atoms with E-state index in [1.807, 2.05) is 6.07 Å². The van der Waals surface area contributed by atoms with Gasteiger partial charge in [-0.15, -0.1) is 0 Å². The van der Waals surface area contributed by atoms with Crippen molar-refractivity contribution in [2.45, 2.75) is 52.0 Å². The SMILES string of the molecule is CCCCc1ccc(OC)c(C(=O)NC[C@@H]2CCCN2CC)c1O. The fourth-order valence-electron chi connectivity index (χ4n) is 3.42. The molecule has 1 fully saturated rings. The van der Waals surface area contributed by atoms with E-state index in [1.165, 1.54) is 13.5 Å². The van der Waals surface area contributed by atoms with Crippen LogP contribution in [-0.2, 0) is 6.42 Å². The van der Waals surface area contributed by atoms with Gasteiger partial charge in [-0.2, -0.15) is 0 Å². The molecule has 1 aromatic carbocycles. The molecular formula is C19H30N2O3. The van der Waals surface area contributed by atoms with Crippen molar-refractivity contribution in [1.82, 2.24) is 10.2 Å². The summed E-state index contributed by atoms with van der Waals surface area (Å²) >= 11 is 0. The molecule has 1 aliphatic heterocycles. The highest BCUT2D eigenvalue weighted by Crippen LogP contribution is 2.32. The molecule has 1 atom stereocenters. The molecule has 1 heterocycles. The van der Waals surface area contributed by atoms with Crippen LogP contribution in [0.5, 0.6) is 11.5 Å². The van der Waals surface area contributed by atoms with Gasteiger partial charge in [-0.1, -0.05) is 26.3 Å². The molecule has 1 saturated heterocycles. The van der Waals surface area contributed by atoms with Gasteiger partial charge in [-0.25, -0.2) is 0 Å². The van der Waals surface area contributed by atoms with Crippen LogP contribution in [0.3, 0.4) is 0 Å². The lowest BCUT2D eigenvalue weighted by atomic mass is 10.0. The molecule has 134 valence electrons.